The number of hydrogen-bond donors (Lipinski definition) is 1. The van der Waals surface area contributed by atoms with E-state index in [0.29, 0.717) is 18.0 Å². The van der Waals surface area contributed by atoms with E-state index >= 15 is 0 Å². The second kappa shape index (κ2) is 9.16. The number of halogens is 2. The van der Waals surface area contributed by atoms with E-state index in [1.165, 1.54) is 17.8 Å². The van der Waals surface area contributed by atoms with Gasteiger partial charge in [-0.15, -0.1) is 0 Å². The highest BCUT2D eigenvalue weighted by atomic mass is 32.2. The van der Waals surface area contributed by atoms with Gasteiger partial charge < -0.3 is 5.73 Å². The largest absolute Gasteiger partial charge is 0.330 e. The predicted octanol–water partition coefficient (Wildman–Crippen LogP) is 5.43. The van der Waals surface area contributed by atoms with Gasteiger partial charge in [0, 0.05) is 18.0 Å². The first-order valence-electron chi connectivity index (χ1n) is 10.3. The molecule has 31 heavy (non-hydrogen) atoms. The summed E-state index contributed by atoms with van der Waals surface area (Å²) >= 11 is 1.44. The van der Waals surface area contributed by atoms with Crippen LogP contribution in [0.3, 0.4) is 0 Å². The van der Waals surface area contributed by atoms with Gasteiger partial charge in [-0.2, -0.15) is 5.10 Å². The second-order valence-corrected chi connectivity index (χ2v) is 8.61. The highest BCUT2D eigenvalue weighted by Crippen LogP contribution is 2.52. The van der Waals surface area contributed by atoms with Crippen molar-refractivity contribution in [3.05, 3.63) is 95.3 Å². The van der Waals surface area contributed by atoms with Crippen LogP contribution in [0.25, 0.3) is 0 Å². The summed E-state index contributed by atoms with van der Waals surface area (Å²) in [5.74, 6) is -0.996. The predicted molar refractivity (Wildman–Crippen MR) is 123 cm³/mol. The molecule has 1 unspecified atom stereocenters. The molecule has 0 amide bonds. The minimum absolute atomic E-state index is 0.160. The van der Waals surface area contributed by atoms with E-state index < -0.39 is 16.5 Å². The number of anilines is 1. The smallest absolute Gasteiger partial charge is 0.139 e. The molecule has 7 heteroatoms. The van der Waals surface area contributed by atoms with Gasteiger partial charge in [0.05, 0.1) is 5.69 Å². The molecule has 3 aromatic rings. The van der Waals surface area contributed by atoms with E-state index in [0.717, 1.165) is 41.8 Å². The van der Waals surface area contributed by atoms with Crippen molar-refractivity contribution in [3.8, 4) is 0 Å². The van der Waals surface area contributed by atoms with Crippen LogP contribution in [0.1, 0.15) is 36.5 Å². The first-order chi connectivity index (χ1) is 15.1. The van der Waals surface area contributed by atoms with Crippen molar-refractivity contribution in [3.63, 3.8) is 0 Å². The summed E-state index contributed by atoms with van der Waals surface area (Å²) in [6, 6.07) is 15.4. The number of nitrogens with two attached hydrogens (primary N) is 1. The summed E-state index contributed by atoms with van der Waals surface area (Å²) < 4.78 is 28.7. The second-order valence-electron chi connectivity index (χ2n) is 7.34. The van der Waals surface area contributed by atoms with Crippen molar-refractivity contribution in [1.82, 2.24) is 4.98 Å². The van der Waals surface area contributed by atoms with Crippen molar-refractivity contribution in [1.29, 1.82) is 0 Å². The fourth-order valence-electron chi connectivity index (χ4n) is 3.84. The lowest BCUT2D eigenvalue weighted by molar-refractivity contribution is 0.526. The third kappa shape index (κ3) is 4.07. The third-order valence-electron chi connectivity index (χ3n) is 5.39. The van der Waals surface area contributed by atoms with Gasteiger partial charge >= 0.3 is 0 Å². The average molecular weight is 439 g/mol. The zero-order valence-electron chi connectivity index (χ0n) is 17.3. The van der Waals surface area contributed by atoms with Gasteiger partial charge in [-0.1, -0.05) is 49.0 Å². The number of thioether (sulfide) groups is 1. The first-order valence-corrected chi connectivity index (χ1v) is 11.1. The molecule has 2 N–H and O–H groups in total. The maximum Gasteiger partial charge on any atom is 0.139 e. The van der Waals surface area contributed by atoms with E-state index in [-0.39, 0.29) is 5.56 Å². The minimum Gasteiger partial charge on any atom is -0.330 e. The molecule has 2 heterocycles. The number of benzene rings is 2. The number of aromatic nitrogens is 1. The molecule has 0 bridgehead atoms. The van der Waals surface area contributed by atoms with Crippen molar-refractivity contribution in [2.75, 3.05) is 11.6 Å². The molecular formula is C24H24F2N4S. The lowest BCUT2D eigenvalue weighted by Gasteiger charge is -2.38. The number of hydrogen-bond acceptors (Lipinski definition) is 5. The highest BCUT2D eigenvalue weighted by molar-refractivity contribution is 8.15. The zero-order chi connectivity index (χ0) is 21.8. The summed E-state index contributed by atoms with van der Waals surface area (Å²) in [6.07, 6.45) is 5.77. The van der Waals surface area contributed by atoms with E-state index in [1.54, 1.807) is 6.20 Å². The molecule has 0 radical (unpaired) electrons. The van der Waals surface area contributed by atoms with E-state index in [1.807, 2.05) is 47.6 Å². The molecule has 1 aromatic heterocycles. The Labute approximate surface area is 185 Å². The number of hydrazone groups is 1. The van der Waals surface area contributed by atoms with Crippen LogP contribution >= 0.6 is 11.8 Å². The number of aryl methyl sites for hydroxylation is 1. The van der Waals surface area contributed by atoms with Crippen molar-refractivity contribution in [2.24, 2.45) is 10.8 Å². The van der Waals surface area contributed by atoms with Crippen molar-refractivity contribution >= 4 is 22.5 Å². The molecule has 0 spiro atoms. The Bertz CT molecular complexity index is 1090. The van der Waals surface area contributed by atoms with Gasteiger partial charge in [-0.05, 0) is 61.2 Å². The van der Waals surface area contributed by atoms with Gasteiger partial charge in [0.15, 0.2) is 0 Å². The van der Waals surface area contributed by atoms with Gasteiger partial charge in [0.1, 0.15) is 21.5 Å². The lowest BCUT2D eigenvalue weighted by Crippen LogP contribution is -2.38. The fraction of sp³-hybridized carbons (Fsp3) is 0.250. The monoisotopic (exact) mass is 438 g/mol. The van der Waals surface area contributed by atoms with Crippen LogP contribution in [0.2, 0.25) is 0 Å². The van der Waals surface area contributed by atoms with Crippen LogP contribution in [-0.4, -0.2) is 16.6 Å². The normalized spacial score (nSPS) is 18.3. The van der Waals surface area contributed by atoms with E-state index in [4.69, 9.17) is 10.8 Å². The van der Waals surface area contributed by atoms with Crippen molar-refractivity contribution in [2.45, 2.75) is 31.1 Å². The fourth-order valence-corrected chi connectivity index (χ4v) is 5.27. The van der Waals surface area contributed by atoms with Crippen LogP contribution in [0, 0.1) is 11.6 Å². The lowest BCUT2D eigenvalue weighted by atomic mass is 9.99. The Kier molecular flexibility index (Phi) is 6.34. The minimum atomic E-state index is -0.639. The third-order valence-corrected chi connectivity index (χ3v) is 6.83. The molecule has 160 valence electrons. The molecule has 1 aliphatic rings. The standard InChI is InChI=1S/C24H24F2N4S/c1-2-17-16-28-14-11-22(17)30-24(12-6-13-27,18-7-4-3-5-8-18)31-23(29-30)20-15-19(25)9-10-21(20)26/h3-5,7-11,14-16H,2,6,12-13,27H2,1H3. The van der Waals surface area contributed by atoms with Crippen molar-refractivity contribution < 1.29 is 8.78 Å². The summed E-state index contributed by atoms with van der Waals surface area (Å²) in [6.45, 7) is 2.58. The molecule has 2 aromatic carbocycles. The van der Waals surface area contributed by atoms with Gasteiger partial charge in [0.25, 0.3) is 0 Å². The van der Waals surface area contributed by atoms with Crippen LogP contribution < -0.4 is 10.7 Å². The quantitative estimate of drug-likeness (QED) is 0.535. The molecule has 0 aliphatic carbocycles. The van der Waals surface area contributed by atoms with Gasteiger partial charge in [-0.3, -0.25) is 4.98 Å². The Morgan fingerprint density at radius 2 is 1.90 bits per heavy atom. The molecule has 0 saturated heterocycles. The number of nitrogens with zero attached hydrogens (tertiary/aromatic N) is 3. The Morgan fingerprint density at radius 1 is 1.10 bits per heavy atom. The zero-order valence-corrected chi connectivity index (χ0v) is 18.1. The summed E-state index contributed by atoms with van der Waals surface area (Å²) in [5, 5.41) is 7.25. The van der Waals surface area contributed by atoms with E-state index in [9.17, 15) is 8.78 Å². The van der Waals surface area contributed by atoms with Crippen LogP contribution in [0.15, 0.2) is 72.1 Å². The summed E-state index contributed by atoms with van der Waals surface area (Å²) in [5.41, 5.74) is 9.01. The molecule has 0 fully saturated rings. The van der Waals surface area contributed by atoms with Crippen LogP contribution in [0.4, 0.5) is 14.5 Å². The Morgan fingerprint density at radius 3 is 2.65 bits per heavy atom. The molecule has 1 aliphatic heterocycles. The average Bonchev–Trinajstić information content (AvgIpc) is 3.20. The number of rotatable bonds is 7. The molecule has 0 saturated carbocycles. The molecule has 4 nitrogen and oxygen atoms in total. The van der Waals surface area contributed by atoms with Crippen LogP contribution in [0.5, 0.6) is 0 Å². The number of pyridine rings is 1. The topological polar surface area (TPSA) is 54.5 Å². The Balaban J connectivity index is 1.93. The SMILES string of the molecule is CCc1cnccc1N1N=C(c2cc(F)ccc2F)SC1(CCCN)c1ccccc1. The molecular weight excluding hydrogens is 414 g/mol. The van der Waals surface area contributed by atoms with Gasteiger partial charge in [0.2, 0.25) is 0 Å². The van der Waals surface area contributed by atoms with Crippen LogP contribution in [-0.2, 0) is 11.3 Å². The summed E-state index contributed by atoms with van der Waals surface area (Å²) in [7, 11) is 0. The molecule has 4 rings (SSSR count). The first kappa shape index (κ1) is 21.5. The maximum atomic E-state index is 14.7. The Hall–Kier alpha value is -2.77. The highest BCUT2D eigenvalue weighted by Gasteiger charge is 2.46. The maximum absolute atomic E-state index is 14.7. The van der Waals surface area contributed by atoms with Gasteiger partial charge in [-0.25, -0.2) is 13.8 Å². The summed E-state index contributed by atoms with van der Waals surface area (Å²) in [4.78, 5) is 3.62. The molecule has 1 atom stereocenters. The van der Waals surface area contributed by atoms with E-state index in [2.05, 4.69) is 11.9 Å².